The van der Waals surface area contributed by atoms with E-state index in [1.807, 2.05) is 0 Å². The van der Waals surface area contributed by atoms with E-state index in [0.29, 0.717) is 12.1 Å². The Labute approximate surface area is 113 Å². The Balaban J connectivity index is 4.16. The normalized spacial score (nSPS) is 13.5. The van der Waals surface area contributed by atoms with Crippen molar-refractivity contribution < 1.29 is 9.47 Å². The predicted octanol–water partition coefficient (Wildman–Crippen LogP) is 1.75. The molecule has 0 fully saturated rings. The molecule has 1 N–H and O–H groups in total. The molecule has 0 aliphatic heterocycles. The smallest absolute Gasteiger partial charge is 0.0589 e. The molecule has 0 aliphatic carbocycles. The van der Waals surface area contributed by atoms with Gasteiger partial charge in [-0.05, 0) is 19.8 Å². The highest BCUT2D eigenvalue weighted by Crippen LogP contribution is 2.12. The molecule has 0 heterocycles. The Bertz CT molecular complexity index is 175. The number of nitrogens with zero attached hydrogens (tertiary/aromatic N) is 1. The fourth-order valence-electron chi connectivity index (χ4n) is 2.32. The van der Waals surface area contributed by atoms with E-state index in [1.54, 1.807) is 14.2 Å². The average Bonchev–Trinajstić information content (AvgIpc) is 2.39. The summed E-state index contributed by atoms with van der Waals surface area (Å²) in [5, 5.41) is 3.44. The lowest BCUT2D eigenvalue weighted by Crippen LogP contribution is -2.47. The van der Waals surface area contributed by atoms with E-state index in [2.05, 4.69) is 31.0 Å². The number of hydrogen-bond acceptors (Lipinski definition) is 4. The van der Waals surface area contributed by atoms with Crippen LogP contribution in [0.1, 0.15) is 33.6 Å². The van der Waals surface area contributed by atoms with Gasteiger partial charge in [-0.2, -0.15) is 0 Å². The van der Waals surface area contributed by atoms with Crippen LogP contribution in [-0.2, 0) is 9.47 Å². The van der Waals surface area contributed by atoms with Crippen LogP contribution in [0.15, 0.2) is 0 Å². The van der Waals surface area contributed by atoms with Gasteiger partial charge < -0.3 is 14.8 Å². The Hall–Kier alpha value is -0.160. The van der Waals surface area contributed by atoms with Crippen molar-refractivity contribution in [3.63, 3.8) is 0 Å². The number of hydrogen-bond donors (Lipinski definition) is 1. The Morgan fingerprint density at radius 1 is 1.06 bits per heavy atom. The topological polar surface area (TPSA) is 33.7 Å². The van der Waals surface area contributed by atoms with Crippen molar-refractivity contribution >= 4 is 0 Å². The largest absolute Gasteiger partial charge is 0.383 e. The summed E-state index contributed by atoms with van der Waals surface area (Å²) in [5.74, 6) is 0. The third kappa shape index (κ3) is 7.31. The first-order chi connectivity index (χ1) is 8.71. The zero-order chi connectivity index (χ0) is 13.8. The van der Waals surface area contributed by atoms with E-state index < -0.39 is 0 Å². The minimum Gasteiger partial charge on any atom is -0.383 e. The number of methoxy groups -OCH3 is 2. The maximum Gasteiger partial charge on any atom is 0.0589 e. The third-order valence-corrected chi connectivity index (χ3v) is 3.45. The zero-order valence-corrected chi connectivity index (χ0v) is 12.9. The molecule has 1 atom stereocenters. The summed E-state index contributed by atoms with van der Waals surface area (Å²) in [6, 6.07) is 1.18. The number of rotatable bonds is 12. The summed E-state index contributed by atoms with van der Waals surface area (Å²) in [6.07, 6.45) is 2.39. The molecule has 4 heteroatoms. The molecule has 0 rings (SSSR count). The Morgan fingerprint density at radius 2 is 1.67 bits per heavy atom. The lowest BCUT2D eigenvalue weighted by molar-refractivity contribution is 0.0842. The molecule has 0 spiro atoms. The molecule has 18 heavy (non-hydrogen) atoms. The molecule has 0 aliphatic rings. The SMILES string of the molecule is CCC(CC)N(CCOC)C(C)CNCCOC. The molecule has 0 saturated carbocycles. The Morgan fingerprint density at radius 3 is 2.17 bits per heavy atom. The number of ether oxygens (including phenoxy) is 2. The molecule has 0 aromatic rings. The van der Waals surface area contributed by atoms with Gasteiger partial charge in [0.25, 0.3) is 0 Å². The number of nitrogens with one attached hydrogen (secondary N) is 1. The Kier molecular flexibility index (Phi) is 11.8. The summed E-state index contributed by atoms with van der Waals surface area (Å²) in [5.41, 5.74) is 0. The third-order valence-electron chi connectivity index (χ3n) is 3.45. The molecule has 0 radical (unpaired) electrons. The van der Waals surface area contributed by atoms with Gasteiger partial charge in [-0.25, -0.2) is 0 Å². The van der Waals surface area contributed by atoms with Crippen molar-refractivity contribution in [3.8, 4) is 0 Å². The van der Waals surface area contributed by atoms with Crippen LogP contribution in [0.25, 0.3) is 0 Å². The van der Waals surface area contributed by atoms with Crippen LogP contribution in [0.5, 0.6) is 0 Å². The zero-order valence-electron chi connectivity index (χ0n) is 12.9. The monoisotopic (exact) mass is 260 g/mol. The molecule has 0 bridgehead atoms. The van der Waals surface area contributed by atoms with Crippen LogP contribution in [0.2, 0.25) is 0 Å². The van der Waals surface area contributed by atoms with Crippen LogP contribution in [0.3, 0.4) is 0 Å². The second kappa shape index (κ2) is 11.9. The van der Waals surface area contributed by atoms with Crippen molar-refractivity contribution in [1.82, 2.24) is 10.2 Å². The maximum atomic E-state index is 5.22. The van der Waals surface area contributed by atoms with Gasteiger partial charge in [0.2, 0.25) is 0 Å². The van der Waals surface area contributed by atoms with E-state index in [0.717, 1.165) is 32.8 Å². The first-order valence-electron chi connectivity index (χ1n) is 7.15. The summed E-state index contributed by atoms with van der Waals surface area (Å²) >= 11 is 0. The molecule has 0 aromatic carbocycles. The molecule has 0 amide bonds. The van der Waals surface area contributed by atoms with Gasteiger partial charge in [0.15, 0.2) is 0 Å². The van der Waals surface area contributed by atoms with E-state index in [1.165, 1.54) is 12.8 Å². The first kappa shape index (κ1) is 17.8. The lowest BCUT2D eigenvalue weighted by Gasteiger charge is -2.35. The molecular weight excluding hydrogens is 228 g/mol. The molecule has 4 nitrogen and oxygen atoms in total. The first-order valence-corrected chi connectivity index (χ1v) is 7.15. The van der Waals surface area contributed by atoms with Crippen molar-refractivity contribution in [3.05, 3.63) is 0 Å². The predicted molar refractivity (Wildman–Crippen MR) is 77.2 cm³/mol. The quantitative estimate of drug-likeness (QED) is 0.542. The second-order valence-corrected chi connectivity index (χ2v) is 4.75. The van der Waals surface area contributed by atoms with Crippen LogP contribution in [-0.4, -0.2) is 64.1 Å². The second-order valence-electron chi connectivity index (χ2n) is 4.75. The fraction of sp³-hybridized carbons (Fsp3) is 1.00. The molecular formula is C14H32N2O2. The van der Waals surface area contributed by atoms with Crippen LogP contribution < -0.4 is 5.32 Å². The molecule has 110 valence electrons. The van der Waals surface area contributed by atoms with Gasteiger partial charge in [0.1, 0.15) is 0 Å². The van der Waals surface area contributed by atoms with Gasteiger partial charge >= 0.3 is 0 Å². The lowest BCUT2D eigenvalue weighted by atomic mass is 10.1. The summed E-state index contributed by atoms with van der Waals surface area (Å²) < 4.78 is 10.3. The molecule has 1 unspecified atom stereocenters. The van der Waals surface area contributed by atoms with E-state index >= 15 is 0 Å². The van der Waals surface area contributed by atoms with Crippen molar-refractivity contribution in [2.45, 2.75) is 45.7 Å². The van der Waals surface area contributed by atoms with Gasteiger partial charge in [0.05, 0.1) is 13.2 Å². The van der Waals surface area contributed by atoms with Crippen LogP contribution >= 0.6 is 0 Å². The van der Waals surface area contributed by atoms with Gasteiger partial charge in [-0.3, -0.25) is 4.90 Å². The van der Waals surface area contributed by atoms with Gasteiger partial charge in [-0.15, -0.1) is 0 Å². The van der Waals surface area contributed by atoms with Crippen molar-refractivity contribution in [2.75, 3.05) is 47.1 Å². The van der Waals surface area contributed by atoms with Crippen molar-refractivity contribution in [2.24, 2.45) is 0 Å². The summed E-state index contributed by atoms with van der Waals surface area (Å²) in [7, 11) is 3.51. The summed E-state index contributed by atoms with van der Waals surface area (Å²) in [4.78, 5) is 2.56. The highest BCUT2D eigenvalue weighted by molar-refractivity contribution is 4.76. The molecule has 0 saturated heterocycles. The maximum absolute atomic E-state index is 5.22. The molecule has 0 aromatic heterocycles. The fourth-order valence-corrected chi connectivity index (χ4v) is 2.32. The van der Waals surface area contributed by atoms with E-state index in [9.17, 15) is 0 Å². The van der Waals surface area contributed by atoms with E-state index in [4.69, 9.17) is 9.47 Å². The average molecular weight is 260 g/mol. The van der Waals surface area contributed by atoms with Gasteiger partial charge in [-0.1, -0.05) is 13.8 Å². The van der Waals surface area contributed by atoms with Crippen molar-refractivity contribution in [1.29, 1.82) is 0 Å². The van der Waals surface area contributed by atoms with Gasteiger partial charge in [0, 0.05) is 45.9 Å². The highest BCUT2D eigenvalue weighted by atomic mass is 16.5. The summed E-state index contributed by atoms with van der Waals surface area (Å²) in [6.45, 7) is 11.3. The minimum atomic E-state index is 0.530. The van der Waals surface area contributed by atoms with Crippen LogP contribution in [0, 0.1) is 0 Å². The van der Waals surface area contributed by atoms with E-state index in [-0.39, 0.29) is 0 Å². The van der Waals surface area contributed by atoms with Crippen LogP contribution in [0.4, 0.5) is 0 Å². The minimum absolute atomic E-state index is 0.530. The standard InChI is InChI=1S/C14H32N2O2/c1-6-14(7-2)16(9-11-18-5)13(3)12-15-8-10-17-4/h13-15H,6-12H2,1-5H3. The highest BCUT2D eigenvalue weighted by Gasteiger charge is 2.20.